The molecule has 1 unspecified atom stereocenters. The molecule has 3 nitrogen and oxygen atoms in total. The third-order valence-electron chi connectivity index (χ3n) is 2.40. The summed E-state index contributed by atoms with van der Waals surface area (Å²) in [7, 11) is 0. The van der Waals surface area contributed by atoms with Crippen LogP contribution < -0.4 is 5.32 Å². The molecule has 0 saturated heterocycles. The van der Waals surface area contributed by atoms with Crippen LogP contribution >= 0.6 is 0 Å². The Hall–Kier alpha value is -0.380. The maximum atomic E-state index is 9.54. The smallest absolute Gasteiger partial charge is 0.0897 e. The van der Waals surface area contributed by atoms with Crippen molar-refractivity contribution in [1.29, 1.82) is 0 Å². The molecule has 0 aromatic rings. The monoisotopic (exact) mass is 213 g/mol. The number of allylic oxidation sites excluding steroid dienone is 1. The summed E-state index contributed by atoms with van der Waals surface area (Å²) >= 11 is 0. The van der Waals surface area contributed by atoms with Crippen LogP contribution in [-0.2, 0) is 4.74 Å². The molecule has 88 valence electrons. The first-order valence-corrected chi connectivity index (χ1v) is 5.78. The standard InChI is InChI=1S/C12H23NO2/c1-10(2)5-6-13-7-12(14)9-15-8-11-3-4-11/h5,11-14H,3-4,6-9H2,1-2H3. The summed E-state index contributed by atoms with van der Waals surface area (Å²) in [5, 5.41) is 12.7. The highest BCUT2D eigenvalue weighted by atomic mass is 16.5. The van der Waals surface area contributed by atoms with Crippen molar-refractivity contribution in [3.05, 3.63) is 11.6 Å². The van der Waals surface area contributed by atoms with Gasteiger partial charge in [-0.3, -0.25) is 0 Å². The van der Waals surface area contributed by atoms with Crippen molar-refractivity contribution in [3.8, 4) is 0 Å². The lowest BCUT2D eigenvalue weighted by atomic mass is 10.3. The molecule has 0 aromatic carbocycles. The molecule has 0 aliphatic heterocycles. The minimum atomic E-state index is -0.380. The van der Waals surface area contributed by atoms with Gasteiger partial charge < -0.3 is 15.2 Å². The molecule has 0 radical (unpaired) electrons. The fraction of sp³-hybridized carbons (Fsp3) is 0.833. The zero-order valence-electron chi connectivity index (χ0n) is 9.83. The quantitative estimate of drug-likeness (QED) is 0.472. The van der Waals surface area contributed by atoms with Crippen LogP contribution in [0.1, 0.15) is 26.7 Å². The van der Waals surface area contributed by atoms with Crippen molar-refractivity contribution in [2.24, 2.45) is 5.92 Å². The van der Waals surface area contributed by atoms with E-state index >= 15 is 0 Å². The van der Waals surface area contributed by atoms with Crippen LogP contribution in [0.4, 0.5) is 0 Å². The molecule has 1 aliphatic rings. The first-order valence-electron chi connectivity index (χ1n) is 5.78. The van der Waals surface area contributed by atoms with E-state index in [1.165, 1.54) is 18.4 Å². The van der Waals surface area contributed by atoms with Gasteiger partial charge in [0.25, 0.3) is 0 Å². The molecule has 0 bridgehead atoms. The highest BCUT2D eigenvalue weighted by Crippen LogP contribution is 2.28. The molecule has 0 aromatic heterocycles. The maximum Gasteiger partial charge on any atom is 0.0897 e. The van der Waals surface area contributed by atoms with Gasteiger partial charge in [0.2, 0.25) is 0 Å². The van der Waals surface area contributed by atoms with Crippen LogP contribution in [-0.4, -0.2) is 37.5 Å². The van der Waals surface area contributed by atoms with E-state index in [-0.39, 0.29) is 6.10 Å². The summed E-state index contributed by atoms with van der Waals surface area (Å²) in [5.74, 6) is 0.774. The first kappa shape index (κ1) is 12.7. The largest absolute Gasteiger partial charge is 0.389 e. The van der Waals surface area contributed by atoms with Gasteiger partial charge in [-0.15, -0.1) is 0 Å². The van der Waals surface area contributed by atoms with Gasteiger partial charge in [0, 0.05) is 19.7 Å². The maximum absolute atomic E-state index is 9.54. The van der Waals surface area contributed by atoms with Gasteiger partial charge in [0.1, 0.15) is 0 Å². The van der Waals surface area contributed by atoms with E-state index in [4.69, 9.17) is 4.74 Å². The van der Waals surface area contributed by atoms with E-state index in [9.17, 15) is 5.11 Å². The Morgan fingerprint density at radius 2 is 2.27 bits per heavy atom. The highest BCUT2D eigenvalue weighted by Gasteiger charge is 2.21. The molecule has 3 heteroatoms. The molecule has 1 rings (SSSR count). The Bertz CT molecular complexity index is 196. The predicted octanol–water partition coefficient (Wildman–Crippen LogP) is 1.33. The van der Waals surface area contributed by atoms with Gasteiger partial charge in [0.05, 0.1) is 12.7 Å². The molecule has 1 atom stereocenters. The topological polar surface area (TPSA) is 41.5 Å². The number of hydrogen-bond acceptors (Lipinski definition) is 3. The molecule has 0 amide bonds. The van der Waals surface area contributed by atoms with Gasteiger partial charge in [-0.25, -0.2) is 0 Å². The number of ether oxygens (including phenoxy) is 1. The third-order valence-corrected chi connectivity index (χ3v) is 2.40. The minimum Gasteiger partial charge on any atom is -0.389 e. The normalized spacial score (nSPS) is 17.5. The summed E-state index contributed by atoms with van der Waals surface area (Å²) in [6, 6.07) is 0. The Morgan fingerprint density at radius 1 is 1.53 bits per heavy atom. The summed E-state index contributed by atoms with van der Waals surface area (Å²) in [6.07, 6.45) is 4.33. The minimum absolute atomic E-state index is 0.380. The van der Waals surface area contributed by atoms with Crippen molar-refractivity contribution < 1.29 is 9.84 Å². The second-order valence-corrected chi connectivity index (χ2v) is 4.57. The second kappa shape index (κ2) is 6.99. The fourth-order valence-electron chi connectivity index (χ4n) is 1.24. The van der Waals surface area contributed by atoms with Crippen LogP contribution in [0.25, 0.3) is 0 Å². The number of nitrogens with one attached hydrogen (secondary N) is 1. The van der Waals surface area contributed by atoms with E-state index in [1.54, 1.807) is 0 Å². The van der Waals surface area contributed by atoms with Crippen molar-refractivity contribution in [2.75, 3.05) is 26.3 Å². The van der Waals surface area contributed by atoms with Crippen LogP contribution in [0.5, 0.6) is 0 Å². The van der Waals surface area contributed by atoms with Crippen LogP contribution in [0.2, 0.25) is 0 Å². The van der Waals surface area contributed by atoms with Crippen molar-refractivity contribution in [2.45, 2.75) is 32.8 Å². The lowest BCUT2D eigenvalue weighted by Crippen LogP contribution is -2.30. The van der Waals surface area contributed by atoms with Crippen LogP contribution in [0.3, 0.4) is 0 Å². The summed E-state index contributed by atoms with van der Waals surface area (Å²) < 4.78 is 5.39. The molecule has 0 heterocycles. The zero-order valence-corrected chi connectivity index (χ0v) is 9.83. The van der Waals surface area contributed by atoms with Gasteiger partial charge in [-0.1, -0.05) is 11.6 Å². The predicted molar refractivity (Wildman–Crippen MR) is 61.9 cm³/mol. The molecule has 1 aliphatic carbocycles. The van der Waals surface area contributed by atoms with Crippen LogP contribution in [0.15, 0.2) is 11.6 Å². The lowest BCUT2D eigenvalue weighted by molar-refractivity contribution is 0.0330. The van der Waals surface area contributed by atoms with Crippen molar-refractivity contribution in [1.82, 2.24) is 5.32 Å². The van der Waals surface area contributed by atoms with Gasteiger partial charge in [-0.2, -0.15) is 0 Å². The van der Waals surface area contributed by atoms with E-state index in [0.29, 0.717) is 13.2 Å². The Kier molecular flexibility index (Phi) is 5.91. The van der Waals surface area contributed by atoms with E-state index in [2.05, 4.69) is 25.2 Å². The molecular weight excluding hydrogens is 190 g/mol. The lowest BCUT2D eigenvalue weighted by Gasteiger charge is -2.11. The Labute approximate surface area is 92.5 Å². The molecule has 1 fully saturated rings. The van der Waals surface area contributed by atoms with Gasteiger partial charge in [0.15, 0.2) is 0 Å². The molecule has 1 saturated carbocycles. The number of aliphatic hydroxyl groups excluding tert-OH is 1. The Morgan fingerprint density at radius 3 is 2.87 bits per heavy atom. The van der Waals surface area contributed by atoms with E-state index in [0.717, 1.165) is 19.1 Å². The zero-order chi connectivity index (χ0) is 11.1. The Balaban J connectivity index is 1.88. The summed E-state index contributed by atoms with van der Waals surface area (Å²) in [5.41, 5.74) is 1.29. The number of aliphatic hydroxyl groups is 1. The van der Waals surface area contributed by atoms with E-state index in [1.807, 2.05) is 0 Å². The molecule has 15 heavy (non-hydrogen) atoms. The van der Waals surface area contributed by atoms with E-state index < -0.39 is 0 Å². The van der Waals surface area contributed by atoms with Crippen molar-refractivity contribution in [3.63, 3.8) is 0 Å². The average Bonchev–Trinajstić information content (AvgIpc) is 2.96. The number of rotatable bonds is 8. The molecular formula is C12H23NO2. The number of hydrogen-bond donors (Lipinski definition) is 2. The second-order valence-electron chi connectivity index (χ2n) is 4.57. The summed E-state index contributed by atoms with van der Waals surface area (Å²) in [6.45, 7) is 6.84. The average molecular weight is 213 g/mol. The SMILES string of the molecule is CC(C)=CCNCC(O)COCC1CC1. The van der Waals surface area contributed by atoms with Gasteiger partial charge in [-0.05, 0) is 32.6 Å². The molecule has 2 N–H and O–H groups in total. The fourth-order valence-corrected chi connectivity index (χ4v) is 1.24. The molecule has 0 spiro atoms. The highest BCUT2D eigenvalue weighted by molar-refractivity contribution is 4.94. The third kappa shape index (κ3) is 7.54. The first-order chi connectivity index (χ1) is 7.18. The van der Waals surface area contributed by atoms with Crippen LogP contribution in [0, 0.1) is 5.92 Å². The van der Waals surface area contributed by atoms with Crippen molar-refractivity contribution >= 4 is 0 Å². The summed E-state index contributed by atoms with van der Waals surface area (Å²) in [4.78, 5) is 0. The van der Waals surface area contributed by atoms with Gasteiger partial charge >= 0.3 is 0 Å².